The summed E-state index contributed by atoms with van der Waals surface area (Å²) in [5.41, 5.74) is 11.5. The number of thioether (sulfide) groups is 1. The molecule has 12 heavy (non-hydrogen) atoms. The van der Waals surface area contributed by atoms with Crippen molar-refractivity contribution in [1.82, 2.24) is 0 Å². The summed E-state index contributed by atoms with van der Waals surface area (Å²) in [5, 5.41) is 0. The predicted octanol–water partition coefficient (Wildman–Crippen LogP) is 1.09. The Hall–Kier alpha value is -1.16. The molecule has 0 saturated heterocycles. The summed E-state index contributed by atoms with van der Waals surface area (Å²) in [6, 6.07) is 5.20. The molecule has 0 fully saturated rings. The zero-order valence-corrected chi connectivity index (χ0v) is 7.52. The van der Waals surface area contributed by atoms with Gasteiger partial charge in [0.1, 0.15) is 0 Å². The summed E-state index contributed by atoms with van der Waals surface area (Å²) >= 11 is 1.57. The first-order valence-corrected chi connectivity index (χ1v) is 4.61. The van der Waals surface area contributed by atoms with Crippen LogP contribution in [0.4, 0.5) is 5.69 Å². The van der Waals surface area contributed by atoms with Crippen molar-refractivity contribution in [2.75, 3.05) is 12.0 Å². The Morgan fingerprint density at radius 3 is 2.58 bits per heavy atom. The molecule has 1 aromatic rings. The van der Waals surface area contributed by atoms with Crippen molar-refractivity contribution in [3.8, 4) is 0 Å². The van der Waals surface area contributed by atoms with Gasteiger partial charge < -0.3 is 11.5 Å². The number of rotatable bonds is 2. The maximum absolute atomic E-state index is 10.8. The van der Waals surface area contributed by atoms with Gasteiger partial charge in [-0.3, -0.25) is 4.79 Å². The van der Waals surface area contributed by atoms with Crippen molar-refractivity contribution in [2.24, 2.45) is 5.73 Å². The normalized spacial score (nSPS) is 9.75. The molecule has 0 unspecified atom stereocenters. The maximum atomic E-state index is 10.8. The van der Waals surface area contributed by atoms with Crippen LogP contribution in [0.15, 0.2) is 23.1 Å². The molecule has 1 amide bonds. The fourth-order valence-electron chi connectivity index (χ4n) is 0.892. The zero-order chi connectivity index (χ0) is 9.14. The van der Waals surface area contributed by atoms with E-state index >= 15 is 0 Å². The largest absolute Gasteiger partial charge is 0.398 e. The molecule has 0 bridgehead atoms. The van der Waals surface area contributed by atoms with Crippen LogP contribution >= 0.6 is 11.8 Å². The maximum Gasteiger partial charge on any atom is 0.250 e. The Bertz CT molecular complexity index is 312. The van der Waals surface area contributed by atoms with Crippen LogP contribution in [0.2, 0.25) is 0 Å². The third kappa shape index (κ3) is 1.71. The van der Waals surface area contributed by atoms with E-state index in [0.29, 0.717) is 11.3 Å². The molecule has 0 saturated carbocycles. The summed E-state index contributed by atoms with van der Waals surface area (Å²) in [7, 11) is 0. The Morgan fingerprint density at radius 2 is 2.17 bits per heavy atom. The van der Waals surface area contributed by atoms with Crippen LogP contribution in [-0.2, 0) is 0 Å². The standard InChI is InChI=1S/C8H10N2OS/c1-12-5-2-3-6(8(10)11)7(9)4-5/h2-4H,9H2,1H3,(H2,10,11). The van der Waals surface area contributed by atoms with Crippen LogP contribution in [0.1, 0.15) is 10.4 Å². The predicted molar refractivity (Wildman–Crippen MR) is 51.2 cm³/mol. The van der Waals surface area contributed by atoms with E-state index in [0.717, 1.165) is 4.90 Å². The molecule has 1 aromatic carbocycles. The van der Waals surface area contributed by atoms with E-state index in [1.165, 1.54) is 0 Å². The average molecular weight is 182 g/mol. The van der Waals surface area contributed by atoms with E-state index < -0.39 is 5.91 Å². The van der Waals surface area contributed by atoms with Crippen LogP contribution in [-0.4, -0.2) is 12.2 Å². The first kappa shape index (κ1) is 8.93. The number of amides is 1. The van der Waals surface area contributed by atoms with E-state index in [4.69, 9.17) is 11.5 Å². The molecule has 0 aliphatic carbocycles. The highest BCUT2D eigenvalue weighted by Gasteiger charge is 2.04. The molecule has 0 spiro atoms. The lowest BCUT2D eigenvalue weighted by Crippen LogP contribution is -2.13. The number of carbonyl (C=O) groups excluding carboxylic acids is 1. The molecule has 64 valence electrons. The van der Waals surface area contributed by atoms with Gasteiger partial charge in [0.2, 0.25) is 0 Å². The quantitative estimate of drug-likeness (QED) is 0.531. The minimum Gasteiger partial charge on any atom is -0.398 e. The molecule has 0 atom stereocenters. The number of carbonyl (C=O) groups is 1. The summed E-state index contributed by atoms with van der Waals surface area (Å²) < 4.78 is 0. The molecule has 0 aliphatic heterocycles. The summed E-state index contributed by atoms with van der Waals surface area (Å²) in [5.74, 6) is -0.486. The Balaban J connectivity index is 3.12. The number of primary amides is 1. The van der Waals surface area contributed by atoms with Gasteiger partial charge in [-0.05, 0) is 24.5 Å². The molecule has 3 nitrogen and oxygen atoms in total. The average Bonchev–Trinajstić information content (AvgIpc) is 2.03. The van der Waals surface area contributed by atoms with E-state index in [2.05, 4.69) is 0 Å². The first-order chi connectivity index (χ1) is 5.65. The minimum absolute atomic E-state index is 0.382. The molecule has 4 heteroatoms. The lowest BCUT2D eigenvalue weighted by atomic mass is 10.2. The second-order valence-electron chi connectivity index (χ2n) is 2.32. The van der Waals surface area contributed by atoms with E-state index in [9.17, 15) is 4.79 Å². The monoisotopic (exact) mass is 182 g/mol. The highest BCUT2D eigenvalue weighted by Crippen LogP contribution is 2.20. The van der Waals surface area contributed by atoms with E-state index in [1.54, 1.807) is 23.9 Å². The highest BCUT2D eigenvalue weighted by atomic mass is 32.2. The molecular formula is C8H10N2OS. The Morgan fingerprint density at radius 1 is 1.50 bits per heavy atom. The van der Waals surface area contributed by atoms with Crippen molar-refractivity contribution < 1.29 is 4.79 Å². The van der Waals surface area contributed by atoms with Gasteiger partial charge in [-0.2, -0.15) is 0 Å². The first-order valence-electron chi connectivity index (χ1n) is 3.38. The topological polar surface area (TPSA) is 69.1 Å². The van der Waals surface area contributed by atoms with Crippen LogP contribution < -0.4 is 11.5 Å². The number of benzene rings is 1. The lowest BCUT2D eigenvalue weighted by molar-refractivity contribution is 0.100. The number of hydrogen-bond donors (Lipinski definition) is 2. The smallest absolute Gasteiger partial charge is 0.250 e. The lowest BCUT2D eigenvalue weighted by Gasteiger charge is -2.02. The minimum atomic E-state index is -0.486. The second-order valence-corrected chi connectivity index (χ2v) is 3.20. The van der Waals surface area contributed by atoms with Crippen LogP contribution in [0, 0.1) is 0 Å². The molecule has 0 aromatic heterocycles. The molecule has 0 aliphatic rings. The van der Waals surface area contributed by atoms with Crippen LogP contribution in [0.3, 0.4) is 0 Å². The molecule has 0 heterocycles. The van der Waals surface area contributed by atoms with Crippen molar-refractivity contribution in [3.05, 3.63) is 23.8 Å². The van der Waals surface area contributed by atoms with Gasteiger partial charge in [-0.15, -0.1) is 11.8 Å². The number of nitrogens with two attached hydrogens (primary N) is 2. The molecule has 0 radical (unpaired) electrons. The highest BCUT2D eigenvalue weighted by molar-refractivity contribution is 7.98. The Labute approximate surface area is 75.1 Å². The summed E-state index contributed by atoms with van der Waals surface area (Å²) in [6.45, 7) is 0. The van der Waals surface area contributed by atoms with Crippen molar-refractivity contribution >= 4 is 23.4 Å². The third-order valence-electron chi connectivity index (χ3n) is 1.52. The van der Waals surface area contributed by atoms with Gasteiger partial charge in [0.25, 0.3) is 5.91 Å². The zero-order valence-electron chi connectivity index (χ0n) is 6.70. The van der Waals surface area contributed by atoms with Crippen LogP contribution in [0.5, 0.6) is 0 Å². The summed E-state index contributed by atoms with van der Waals surface area (Å²) in [4.78, 5) is 11.8. The molecule has 1 rings (SSSR count). The Kier molecular flexibility index (Phi) is 2.60. The van der Waals surface area contributed by atoms with Gasteiger partial charge >= 0.3 is 0 Å². The molecular weight excluding hydrogens is 172 g/mol. The summed E-state index contributed by atoms with van der Waals surface area (Å²) in [6.07, 6.45) is 1.94. The van der Waals surface area contributed by atoms with E-state index in [-0.39, 0.29) is 0 Å². The number of hydrogen-bond acceptors (Lipinski definition) is 3. The van der Waals surface area contributed by atoms with Gasteiger partial charge in [0.15, 0.2) is 0 Å². The SMILES string of the molecule is CSc1ccc(C(N)=O)c(N)c1. The second kappa shape index (κ2) is 3.49. The third-order valence-corrected chi connectivity index (χ3v) is 2.25. The van der Waals surface area contributed by atoms with Gasteiger partial charge in [-0.25, -0.2) is 0 Å². The molecule has 4 N–H and O–H groups in total. The fraction of sp³-hybridized carbons (Fsp3) is 0.125. The van der Waals surface area contributed by atoms with E-state index in [1.807, 2.05) is 12.3 Å². The van der Waals surface area contributed by atoms with Crippen LogP contribution in [0.25, 0.3) is 0 Å². The van der Waals surface area contributed by atoms with Gasteiger partial charge in [0, 0.05) is 10.6 Å². The van der Waals surface area contributed by atoms with Gasteiger partial charge in [-0.1, -0.05) is 0 Å². The van der Waals surface area contributed by atoms with Crippen molar-refractivity contribution in [1.29, 1.82) is 0 Å². The van der Waals surface area contributed by atoms with Gasteiger partial charge in [0.05, 0.1) is 5.56 Å². The number of anilines is 1. The number of nitrogen functional groups attached to an aromatic ring is 1. The van der Waals surface area contributed by atoms with Crippen molar-refractivity contribution in [3.63, 3.8) is 0 Å². The fourth-order valence-corrected chi connectivity index (χ4v) is 1.34. The van der Waals surface area contributed by atoms with Crippen molar-refractivity contribution in [2.45, 2.75) is 4.90 Å².